The van der Waals surface area contributed by atoms with Crippen molar-refractivity contribution in [3.8, 4) is 0 Å². The van der Waals surface area contributed by atoms with Gasteiger partial charge >= 0.3 is 5.97 Å². The lowest BCUT2D eigenvalue weighted by Gasteiger charge is -1.84. The second-order valence-electron chi connectivity index (χ2n) is 1.09. The van der Waals surface area contributed by atoms with Crippen LogP contribution in [0.25, 0.3) is 0 Å². The maximum atomic E-state index is 9.70. The summed E-state index contributed by atoms with van der Waals surface area (Å²) in [6.45, 7) is -0.423. The summed E-state index contributed by atoms with van der Waals surface area (Å²) in [5.74, 6) is -1.15. The highest BCUT2D eigenvalue weighted by Crippen LogP contribution is 1.96. The lowest BCUT2D eigenvalue weighted by atomic mass is 10.5. The SMILES string of the molecule is O=C(O)/C=C(\Cl)CO. The molecule has 0 aromatic heterocycles. The van der Waals surface area contributed by atoms with Crippen molar-refractivity contribution >= 4 is 17.6 Å². The Balaban J connectivity index is 3.75. The summed E-state index contributed by atoms with van der Waals surface area (Å²) < 4.78 is 0. The Hall–Kier alpha value is -0.540. The van der Waals surface area contributed by atoms with Crippen LogP contribution in [0.4, 0.5) is 0 Å². The third-order valence-corrected chi connectivity index (χ3v) is 0.660. The van der Waals surface area contributed by atoms with E-state index in [0.717, 1.165) is 6.08 Å². The molecule has 0 aromatic rings. The number of carboxylic acid groups (broad SMARTS) is 1. The molecule has 0 aliphatic carbocycles. The van der Waals surface area contributed by atoms with Crippen LogP contribution >= 0.6 is 11.6 Å². The van der Waals surface area contributed by atoms with Crippen LogP contribution in [0.1, 0.15) is 0 Å². The van der Waals surface area contributed by atoms with Crippen molar-refractivity contribution in [2.45, 2.75) is 0 Å². The molecule has 2 N–H and O–H groups in total. The largest absolute Gasteiger partial charge is 0.478 e. The third-order valence-electron chi connectivity index (χ3n) is 0.431. The van der Waals surface area contributed by atoms with Crippen LogP contribution in [0.5, 0.6) is 0 Å². The molecule has 0 radical (unpaired) electrons. The van der Waals surface area contributed by atoms with E-state index in [0.29, 0.717) is 0 Å². The van der Waals surface area contributed by atoms with Crippen LogP contribution in [0.3, 0.4) is 0 Å². The van der Waals surface area contributed by atoms with E-state index in [1.165, 1.54) is 0 Å². The highest BCUT2D eigenvalue weighted by atomic mass is 35.5. The number of aliphatic hydroxyl groups excluding tert-OH is 1. The zero-order valence-electron chi connectivity index (χ0n) is 3.97. The van der Waals surface area contributed by atoms with Gasteiger partial charge in [-0.3, -0.25) is 0 Å². The minimum absolute atomic E-state index is 0.0718. The highest BCUT2D eigenvalue weighted by molar-refractivity contribution is 6.30. The van der Waals surface area contributed by atoms with Crippen molar-refractivity contribution < 1.29 is 15.0 Å². The van der Waals surface area contributed by atoms with E-state index in [2.05, 4.69) is 0 Å². The Bertz CT molecular complexity index is 118. The number of hydrogen-bond donors (Lipinski definition) is 2. The maximum absolute atomic E-state index is 9.70. The average Bonchev–Trinajstić information content (AvgIpc) is 1.65. The summed E-state index contributed by atoms with van der Waals surface area (Å²) >= 11 is 5.09. The van der Waals surface area contributed by atoms with Gasteiger partial charge in [0.05, 0.1) is 11.6 Å². The smallest absolute Gasteiger partial charge is 0.329 e. The molecule has 0 unspecified atom stereocenters. The predicted molar refractivity (Wildman–Crippen MR) is 28.7 cm³/mol. The third kappa shape index (κ3) is 3.64. The molecule has 0 rings (SSSR count). The number of aliphatic carboxylic acids is 1. The van der Waals surface area contributed by atoms with Gasteiger partial charge in [-0.05, 0) is 0 Å². The van der Waals surface area contributed by atoms with Gasteiger partial charge in [0, 0.05) is 6.08 Å². The molecule has 0 aliphatic rings. The first kappa shape index (κ1) is 7.46. The molecule has 46 valence electrons. The number of halogens is 1. The van der Waals surface area contributed by atoms with E-state index in [1.807, 2.05) is 0 Å². The molecule has 0 aromatic carbocycles. The summed E-state index contributed by atoms with van der Waals surface area (Å²) in [4.78, 5) is 9.70. The van der Waals surface area contributed by atoms with E-state index >= 15 is 0 Å². The molecule has 0 amide bonds. The molecule has 0 bridgehead atoms. The Morgan fingerprint density at radius 3 is 2.38 bits per heavy atom. The van der Waals surface area contributed by atoms with Crippen molar-refractivity contribution in [2.24, 2.45) is 0 Å². The van der Waals surface area contributed by atoms with Crippen molar-refractivity contribution in [2.75, 3.05) is 6.61 Å². The van der Waals surface area contributed by atoms with Gasteiger partial charge in [0.2, 0.25) is 0 Å². The quantitative estimate of drug-likeness (QED) is 0.533. The van der Waals surface area contributed by atoms with Gasteiger partial charge in [0.1, 0.15) is 0 Å². The summed E-state index contributed by atoms with van der Waals surface area (Å²) in [5, 5.41) is 16.0. The Kier molecular flexibility index (Phi) is 3.23. The zero-order valence-corrected chi connectivity index (χ0v) is 4.72. The van der Waals surface area contributed by atoms with Crippen LogP contribution in [0.2, 0.25) is 0 Å². The van der Waals surface area contributed by atoms with Crippen LogP contribution in [0.15, 0.2) is 11.1 Å². The molecule has 4 heteroatoms. The lowest BCUT2D eigenvalue weighted by molar-refractivity contribution is -0.131. The molecule has 0 heterocycles. The van der Waals surface area contributed by atoms with Gasteiger partial charge in [-0.25, -0.2) is 4.79 Å². The predicted octanol–water partition coefficient (Wildman–Crippen LogP) is 0.186. The second kappa shape index (κ2) is 3.46. The second-order valence-corrected chi connectivity index (χ2v) is 1.57. The van der Waals surface area contributed by atoms with Crippen molar-refractivity contribution in [3.63, 3.8) is 0 Å². The number of aliphatic hydroxyl groups is 1. The first-order valence-electron chi connectivity index (χ1n) is 1.86. The first-order chi connectivity index (χ1) is 3.66. The summed E-state index contributed by atoms with van der Waals surface area (Å²) in [5.41, 5.74) is 0. The van der Waals surface area contributed by atoms with Crippen molar-refractivity contribution in [1.82, 2.24) is 0 Å². The van der Waals surface area contributed by atoms with E-state index < -0.39 is 12.6 Å². The van der Waals surface area contributed by atoms with Crippen LogP contribution < -0.4 is 0 Å². The summed E-state index contributed by atoms with van der Waals surface area (Å²) in [6, 6.07) is 0. The van der Waals surface area contributed by atoms with Crippen LogP contribution in [-0.2, 0) is 4.79 Å². The van der Waals surface area contributed by atoms with Crippen molar-refractivity contribution in [1.29, 1.82) is 0 Å². The number of carboxylic acids is 1. The van der Waals surface area contributed by atoms with Crippen molar-refractivity contribution in [3.05, 3.63) is 11.1 Å². The Labute approximate surface area is 51.2 Å². The molecule has 0 saturated carbocycles. The van der Waals surface area contributed by atoms with Gasteiger partial charge < -0.3 is 10.2 Å². The fraction of sp³-hybridized carbons (Fsp3) is 0.250. The monoisotopic (exact) mass is 136 g/mol. The fourth-order valence-corrected chi connectivity index (χ4v) is 0.273. The maximum Gasteiger partial charge on any atom is 0.329 e. The van der Waals surface area contributed by atoms with E-state index in [9.17, 15) is 4.79 Å². The molecular weight excluding hydrogens is 131 g/mol. The minimum Gasteiger partial charge on any atom is -0.478 e. The Morgan fingerprint density at radius 2 is 2.25 bits per heavy atom. The molecule has 0 atom stereocenters. The number of hydrogen-bond acceptors (Lipinski definition) is 2. The molecule has 0 aliphatic heterocycles. The van der Waals surface area contributed by atoms with Crippen LogP contribution in [0, 0.1) is 0 Å². The first-order valence-corrected chi connectivity index (χ1v) is 2.24. The van der Waals surface area contributed by atoms with E-state index in [4.69, 9.17) is 21.8 Å². The van der Waals surface area contributed by atoms with Crippen LogP contribution in [-0.4, -0.2) is 22.8 Å². The van der Waals surface area contributed by atoms with Gasteiger partial charge in [0.15, 0.2) is 0 Å². The topological polar surface area (TPSA) is 57.5 Å². The molecule has 0 fully saturated rings. The minimum atomic E-state index is -1.15. The molecule has 3 nitrogen and oxygen atoms in total. The fourth-order valence-electron chi connectivity index (χ4n) is 0.180. The van der Waals surface area contributed by atoms with Gasteiger partial charge in [-0.1, -0.05) is 11.6 Å². The van der Waals surface area contributed by atoms with Gasteiger partial charge in [-0.15, -0.1) is 0 Å². The molecular formula is C4H5ClO3. The van der Waals surface area contributed by atoms with E-state index in [-0.39, 0.29) is 5.03 Å². The lowest BCUT2D eigenvalue weighted by Crippen LogP contribution is -1.90. The summed E-state index contributed by atoms with van der Waals surface area (Å²) in [6.07, 6.45) is 0.738. The zero-order chi connectivity index (χ0) is 6.57. The highest BCUT2D eigenvalue weighted by Gasteiger charge is 1.91. The van der Waals surface area contributed by atoms with Gasteiger partial charge in [0.25, 0.3) is 0 Å². The normalized spacial score (nSPS) is 11.5. The molecule has 8 heavy (non-hydrogen) atoms. The van der Waals surface area contributed by atoms with Gasteiger partial charge in [-0.2, -0.15) is 0 Å². The average molecular weight is 137 g/mol. The Morgan fingerprint density at radius 1 is 1.75 bits per heavy atom. The summed E-state index contributed by atoms with van der Waals surface area (Å²) in [7, 11) is 0. The standard InChI is InChI=1S/C4H5ClO3/c5-3(2-6)1-4(7)8/h1,6H,2H2,(H,7,8)/b3-1-. The number of rotatable bonds is 2. The van der Waals surface area contributed by atoms with E-state index in [1.54, 1.807) is 0 Å². The molecule has 0 spiro atoms. The number of carbonyl (C=O) groups is 1. The molecule has 0 saturated heterocycles.